The molecule has 1 unspecified atom stereocenters. The molecule has 120 valence electrons. The van der Waals surface area contributed by atoms with Crippen LogP contribution in [0.4, 0.5) is 0 Å². The summed E-state index contributed by atoms with van der Waals surface area (Å²) in [6.45, 7) is 2.91. The molecule has 1 N–H and O–H groups in total. The first-order chi connectivity index (χ1) is 9.97. The van der Waals surface area contributed by atoms with Gasteiger partial charge in [0.15, 0.2) is 0 Å². The van der Waals surface area contributed by atoms with E-state index in [0.717, 1.165) is 30.7 Å². The van der Waals surface area contributed by atoms with Gasteiger partial charge in [-0.2, -0.15) is 16.1 Å². The standard InChI is InChI=1S/C15H26N2O2S2/c1-5-14(12-20-4)17(3)21(18,19)15-8-6-13(7-9-15)10-11-16-2/h6-9,14,16H,5,10-12H2,1-4H3. The quantitative estimate of drug-likeness (QED) is 0.754. The molecule has 1 aromatic carbocycles. The van der Waals surface area contributed by atoms with Crippen molar-refractivity contribution in [1.29, 1.82) is 0 Å². The van der Waals surface area contributed by atoms with Gasteiger partial charge in [0.25, 0.3) is 0 Å². The number of hydrogen-bond acceptors (Lipinski definition) is 4. The van der Waals surface area contributed by atoms with E-state index in [1.54, 1.807) is 30.9 Å². The second-order valence-electron chi connectivity index (χ2n) is 5.04. The third-order valence-electron chi connectivity index (χ3n) is 3.61. The van der Waals surface area contributed by atoms with Crippen LogP contribution in [0.5, 0.6) is 0 Å². The second-order valence-corrected chi connectivity index (χ2v) is 7.94. The summed E-state index contributed by atoms with van der Waals surface area (Å²) in [6, 6.07) is 7.25. The average Bonchev–Trinajstić information content (AvgIpc) is 2.50. The van der Waals surface area contributed by atoms with E-state index >= 15 is 0 Å². The lowest BCUT2D eigenvalue weighted by molar-refractivity contribution is 0.385. The number of likely N-dealkylation sites (N-methyl/N-ethyl adjacent to an activating group) is 1. The molecule has 0 heterocycles. The lowest BCUT2D eigenvalue weighted by Gasteiger charge is -2.26. The molecular weight excluding hydrogens is 304 g/mol. The molecule has 6 heteroatoms. The van der Waals surface area contributed by atoms with E-state index in [0.29, 0.717) is 4.90 Å². The zero-order valence-electron chi connectivity index (χ0n) is 13.3. The largest absolute Gasteiger partial charge is 0.319 e. The average molecular weight is 331 g/mol. The van der Waals surface area contributed by atoms with Crippen molar-refractivity contribution in [2.45, 2.75) is 30.7 Å². The normalized spacial score (nSPS) is 13.6. The number of rotatable bonds is 9. The highest BCUT2D eigenvalue weighted by Gasteiger charge is 2.26. The van der Waals surface area contributed by atoms with E-state index in [9.17, 15) is 8.42 Å². The first-order valence-corrected chi connectivity index (χ1v) is 10.0. The first-order valence-electron chi connectivity index (χ1n) is 7.17. The summed E-state index contributed by atoms with van der Waals surface area (Å²) in [5, 5.41) is 3.09. The predicted octanol–water partition coefficient (Wildman–Crippen LogP) is 2.21. The Balaban J connectivity index is 2.91. The minimum Gasteiger partial charge on any atom is -0.319 e. The third-order valence-corrected chi connectivity index (χ3v) is 6.25. The van der Waals surface area contributed by atoms with E-state index in [2.05, 4.69) is 5.32 Å². The van der Waals surface area contributed by atoms with E-state index in [1.165, 1.54) is 4.31 Å². The molecule has 0 aliphatic heterocycles. The molecule has 0 bridgehead atoms. The van der Waals surface area contributed by atoms with Crippen LogP contribution in [0.15, 0.2) is 29.2 Å². The van der Waals surface area contributed by atoms with Crippen LogP contribution in [0.25, 0.3) is 0 Å². The lowest BCUT2D eigenvalue weighted by Crippen LogP contribution is -2.38. The molecule has 21 heavy (non-hydrogen) atoms. The van der Waals surface area contributed by atoms with Gasteiger partial charge in [0, 0.05) is 18.8 Å². The van der Waals surface area contributed by atoms with E-state index in [-0.39, 0.29) is 6.04 Å². The van der Waals surface area contributed by atoms with Crippen molar-refractivity contribution >= 4 is 21.8 Å². The Kier molecular flexibility index (Phi) is 7.73. The Morgan fingerprint density at radius 1 is 1.29 bits per heavy atom. The number of benzene rings is 1. The molecule has 0 amide bonds. The Labute approximate surface area is 133 Å². The molecule has 1 rings (SSSR count). The van der Waals surface area contributed by atoms with Gasteiger partial charge in [0.1, 0.15) is 0 Å². The summed E-state index contributed by atoms with van der Waals surface area (Å²) in [6.07, 6.45) is 3.72. The summed E-state index contributed by atoms with van der Waals surface area (Å²) < 4.78 is 26.8. The van der Waals surface area contributed by atoms with Crippen molar-refractivity contribution in [2.75, 3.05) is 32.6 Å². The topological polar surface area (TPSA) is 49.4 Å². The van der Waals surface area contributed by atoms with Gasteiger partial charge in [0.05, 0.1) is 4.90 Å². The fourth-order valence-electron chi connectivity index (χ4n) is 2.13. The van der Waals surface area contributed by atoms with Crippen LogP contribution in [0.3, 0.4) is 0 Å². The Morgan fingerprint density at radius 2 is 1.90 bits per heavy atom. The molecule has 1 atom stereocenters. The highest BCUT2D eigenvalue weighted by atomic mass is 32.2. The zero-order valence-corrected chi connectivity index (χ0v) is 14.9. The van der Waals surface area contributed by atoms with Crippen LogP contribution in [0, 0.1) is 0 Å². The first kappa shape index (κ1) is 18.5. The summed E-state index contributed by atoms with van der Waals surface area (Å²) in [4.78, 5) is 0.373. The zero-order chi connectivity index (χ0) is 15.9. The second kappa shape index (κ2) is 8.78. The van der Waals surface area contributed by atoms with Crippen molar-refractivity contribution in [3.63, 3.8) is 0 Å². The Bertz CT molecular complexity index is 515. The Morgan fingerprint density at radius 3 is 2.38 bits per heavy atom. The minimum absolute atomic E-state index is 0.0361. The molecule has 0 saturated heterocycles. The van der Waals surface area contributed by atoms with Gasteiger partial charge >= 0.3 is 0 Å². The summed E-state index contributed by atoms with van der Waals surface area (Å²) in [5.74, 6) is 0.812. The van der Waals surface area contributed by atoms with Gasteiger partial charge < -0.3 is 5.32 Å². The Hall–Kier alpha value is -0.560. The fourth-order valence-corrected chi connectivity index (χ4v) is 4.50. The maximum absolute atomic E-state index is 12.6. The minimum atomic E-state index is -3.41. The van der Waals surface area contributed by atoms with Gasteiger partial charge in [-0.05, 0) is 50.4 Å². The maximum atomic E-state index is 12.6. The van der Waals surface area contributed by atoms with Crippen LogP contribution < -0.4 is 5.32 Å². The third kappa shape index (κ3) is 4.98. The molecule has 4 nitrogen and oxygen atoms in total. The number of hydrogen-bond donors (Lipinski definition) is 1. The molecule has 0 radical (unpaired) electrons. The summed E-state index contributed by atoms with van der Waals surface area (Å²) >= 11 is 1.67. The van der Waals surface area contributed by atoms with Crippen molar-refractivity contribution in [1.82, 2.24) is 9.62 Å². The van der Waals surface area contributed by atoms with Crippen molar-refractivity contribution < 1.29 is 8.42 Å². The molecule has 0 aliphatic rings. The van der Waals surface area contributed by atoms with Gasteiger partial charge in [-0.1, -0.05) is 19.1 Å². The van der Waals surface area contributed by atoms with Crippen LogP contribution in [0.1, 0.15) is 18.9 Å². The van der Waals surface area contributed by atoms with Crippen LogP contribution in [-0.4, -0.2) is 51.4 Å². The van der Waals surface area contributed by atoms with Crippen LogP contribution >= 0.6 is 11.8 Å². The monoisotopic (exact) mass is 330 g/mol. The smallest absolute Gasteiger partial charge is 0.243 e. The summed E-state index contributed by atoms with van der Waals surface area (Å²) in [5.41, 5.74) is 1.14. The predicted molar refractivity (Wildman–Crippen MR) is 91.5 cm³/mol. The van der Waals surface area contributed by atoms with E-state index in [1.807, 2.05) is 32.4 Å². The number of sulfonamides is 1. The van der Waals surface area contributed by atoms with Gasteiger partial charge in [-0.3, -0.25) is 0 Å². The number of thioether (sulfide) groups is 1. The van der Waals surface area contributed by atoms with Crippen LogP contribution in [0.2, 0.25) is 0 Å². The molecule has 0 spiro atoms. The molecule has 0 saturated carbocycles. The van der Waals surface area contributed by atoms with Gasteiger partial charge in [-0.15, -0.1) is 0 Å². The maximum Gasteiger partial charge on any atom is 0.243 e. The van der Waals surface area contributed by atoms with Crippen molar-refractivity contribution in [3.05, 3.63) is 29.8 Å². The molecule has 0 aliphatic carbocycles. The SMILES string of the molecule is CCC(CSC)N(C)S(=O)(=O)c1ccc(CCNC)cc1. The molecule has 1 aromatic rings. The van der Waals surface area contributed by atoms with Gasteiger partial charge in [0.2, 0.25) is 10.0 Å². The molecule has 0 aromatic heterocycles. The molecular formula is C15H26N2O2S2. The van der Waals surface area contributed by atoms with Crippen molar-refractivity contribution in [2.24, 2.45) is 0 Å². The van der Waals surface area contributed by atoms with E-state index < -0.39 is 10.0 Å². The highest BCUT2D eigenvalue weighted by molar-refractivity contribution is 7.98. The van der Waals surface area contributed by atoms with E-state index in [4.69, 9.17) is 0 Å². The van der Waals surface area contributed by atoms with Crippen molar-refractivity contribution in [3.8, 4) is 0 Å². The number of nitrogens with zero attached hydrogens (tertiary/aromatic N) is 1. The fraction of sp³-hybridized carbons (Fsp3) is 0.600. The highest BCUT2D eigenvalue weighted by Crippen LogP contribution is 2.20. The van der Waals surface area contributed by atoms with Gasteiger partial charge in [-0.25, -0.2) is 8.42 Å². The van der Waals surface area contributed by atoms with Crippen LogP contribution in [-0.2, 0) is 16.4 Å². The summed E-state index contributed by atoms with van der Waals surface area (Å²) in [7, 11) is 0.177. The molecule has 0 fully saturated rings. The lowest BCUT2D eigenvalue weighted by atomic mass is 10.1. The number of nitrogens with one attached hydrogen (secondary N) is 1.